The van der Waals surface area contributed by atoms with Gasteiger partial charge in [-0.15, -0.1) is 11.8 Å². The lowest BCUT2D eigenvalue weighted by Gasteiger charge is -2.55. The molecule has 0 unspecified atom stereocenters. The van der Waals surface area contributed by atoms with Crippen LogP contribution < -0.4 is 11.1 Å². The van der Waals surface area contributed by atoms with Gasteiger partial charge in [0.25, 0.3) is 5.91 Å². The average Bonchev–Trinajstić information content (AvgIpc) is 2.64. The first-order valence-corrected chi connectivity index (χ1v) is 10.9. The summed E-state index contributed by atoms with van der Waals surface area (Å²) in [5.41, 5.74) is 5.42. The number of ether oxygens (including phenoxy) is 1. The standard InChI is InChI=1S/C21H26N2O4S/c22-18(24)12-28-17-4-2-1-3-16(17)23-19(25)11-27-20(26)21-8-13-5-14(9-21)7-15(6-13)10-21/h1-4,13-15H,5-12H2,(H2,22,24)(H,23,25). The zero-order chi connectivity index (χ0) is 19.7. The highest BCUT2D eigenvalue weighted by Gasteiger charge is 2.55. The van der Waals surface area contributed by atoms with Crippen LogP contribution in [0.3, 0.4) is 0 Å². The average molecular weight is 403 g/mol. The molecule has 0 atom stereocenters. The van der Waals surface area contributed by atoms with Crippen LogP contribution in [0, 0.1) is 23.2 Å². The molecule has 0 aliphatic heterocycles. The number of esters is 1. The lowest BCUT2D eigenvalue weighted by Crippen LogP contribution is -2.50. The molecule has 4 bridgehead atoms. The number of amides is 2. The van der Waals surface area contributed by atoms with Gasteiger partial charge in [0.15, 0.2) is 6.61 Å². The van der Waals surface area contributed by atoms with E-state index in [0.29, 0.717) is 23.4 Å². The van der Waals surface area contributed by atoms with Gasteiger partial charge in [-0.2, -0.15) is 0 Å². The number of nitrogens with two attached hydrogens (primary N) is 1. The Morgan fingerprint density at radius 1 is 1.07 bits per heavy atom. The van der Waals surface area contributed by atoms with Gasteiger partial charge in [-0.3, -0.25) is 14.4 Å². The first kappa shape index (κ1) is 19.3. The van der Waals surface area contributed by atoms with Crippen molar-refractivity contribution < 1.29 is 19.1 Å². The predicted molar refractivity (Wildman–Crippen MR) is 107 cm³/mol. The molecule has 0 saturated heterocycles. The second-order valence-electron chi connectivity index (χ2n) is 8.57. The summed E-state index contributed by atoms with van der Waals surface area (Å²) >= 11 is 1.26. The number of rotatable bonds is 7. The largest absolute Gasteiger partial charge is 0.455 e. The fourth-order valence-electron chi connectivity index (χ4n) is 5.68. The summed E-state index contributed by atoms with van der Waals surface area (Å²) in [4.78, 5) is 36.9. The number of carbonyl (C=O) groups excluding carboxylic acids is 3. The van der Waals surface area contributed by atoms with Gasteiger partial charge in [0.05, 0.1) is 16.9 Å². The Hall–Kier alpha value is -2.02. The lowest BCUT2D eigenvalue weighted by atomic mass is 9.49. The molecule has 150 valence electrons. The first-order chi connectivity index (χ1) is 13.4. The van der Waals surface area contributed by atoms with E-state index < -0.39 is 5.91 Å². The minimum atomic E-state index is -0.421. The van der Waals surface area contributed by atoms with Gasteiger partial charge in [-0.25, -0.2) is 0 Å². The van der Waals surface area contributed by atoms with Crippen molar-refractivity contribution in [1.29, 1.82) is 0 Å². The van der Waals surface area contributed by atoms with Crippen LogP contribution in [-0.2, 0) is 19.1 Å². The molecule has 4 fully saturated rings. The van der Waals surface area contributed by atoms with E-state index in [4.69, 9.17) is 10.5 Å². The molecular formula is C21H26N2O4S. The maximum atomic E-state index is 12.8. The number of hydrogen-bond donors (Lipinski definition) is 2. The topological polar surface area (TPSA) is 98.5 Å². The van der Waals surface area contributed by atoms with Gasteiger partial charge in [-0.05, 0) is 68.4 Å². The van der Waals surface area contributed by atoms with Gasteiger partial charge in [0, 0.05) is 4.90 Å². The molecular weight excluding hydrogens is 376 g/mol. The van der Waals surface area contributed by atoms with Crippen molar-refractivity contribution in [2.45, 2.75) is 43.4 Å². The van der Waals surface area contributed by atoms with E-state index in [-0.39, 0.29) is 29.7 Å². The van der Waals surface area contributed by atoms with E-state index in [1.807, 2.05) is 12.1 Å². The first-order valence-electron chi connectivity index (χ1n) is 9.91. The third-order valence-corrected chi connectivity index (χ3v) is 7.43. The van der Waals surface area contributed by atoms with Crippen LogP contribution in [0.5, 0.6) is 0 Å². The molecule has 28 heavy (non-hydrogen) atoms. The summed E-state index contributed by atoms with van der Waals surface area (Å²) in [6, 6.07) is 7.18. The van der Waals surface area contributed by atoms with Crippen LogP contribution in [0.25, 0.3) is 0 Å². The molecule has 7 heteroatoms. The molecule has 0 spiro atoms. The minimum Gasteiger partial charge on any atom is -0.455 e. The van der Waals surface area contributed by atoms with Gasteiger partial charge in [0.2, 0.25) is 5.91 Å². The minimum absolute atomic E-state index is 0.133. The number of carbonyl (C=O) groups is 3. The van der Waals surface area contributed by atoms with E-state index >= 15 is 0 Å². The summed E-state index contributed by atoms with van der Waals surface area (Å²) in [6.07, 6.45) is 6.54. The zero-order valence-electron chi connectivity index (χ0n) is 15.8. The van der Waals surface area contributed by atoms with E-state index in [2.05, 4.69) is 5.32 Å². The quantitative estimate of drug-likeness (QED) is 0.540. The molecule has 4 saturated carbocycles. The summed E-state index contributed by atoms with van der Waals surface area (Å²) in [6.45, 7) is -0.282. The van der Waals surface area contributed by atoms with Crippen molar-refractivity contribution in [3.63, 3.8) is 0 Å². The molecule has 2 amide bonds. The SMILES string of the molecule is NC(=O)CSc1ccccc1NC(=O)COC(=O)C12CC3CC(CC(C3)C1)C2. The van der Waals surface area contributed by atoms with E-state index in [1.165, 1.54) is 31.0 Å². The number of anilines is 1. The van der Waals surface area contributed by atoms with Gasteiger partial charge >= 0.3 is 5.97 Å². The molecule has 5 rings (SSSR count). The maximum absolute atomic E-state index is 12.8. The highest BCUT2D eigenvalue weighted by Crippen LogP contribution is 2.60. The van der Waals surface area contributed by atoms with Crippen LogP contribution in [-0.4, -0.2) is 30.1 Å². The predicted octanol–water partition coefficient (Wildman–Crippen LogP) is 2.96. The molecule has 0 heterocycles. The number of nitrogens with one attached hydrogen (secondary N) is 1. The summed E-state index contributed by atoms with van der Waals surface area (Å²) in [5, 5.41) is 2.77. The summed E-state index contributed by atoms with van der Waals surface area (Å²) < 4.78 is 5.47. The molecule has 0 aromatic heterocycles. The molecule has 1 aromatic rings. The maximum Gasteiger partial charge on any atom is 0.312 e. The molecule has 4 aliphatic carbocycles. The third kappa shape index (κ3) is 4.04. The molecule has 0 radical (unpaired) electrons. The highest BCUT2D eigenvalue weighted by atomic mass is 32.2. The van der Waals surface area contributed by atoms with Crippen molar-refractivity contribution in [3.05, 3.63) is 24.3 Å². The smallest absolute Gasteiger partial charge is 0.312 e. The second kappa shape index (κ2) is 7.78. The van der Waals surface area contributed by atoms with Crippen molar-refractivity contribution in [1.82, 2.24) is 0 Å². The number of primary amides is 1. The Balaban J connectivity index is 1.33. The highest BCUT2D eigenvalue weighted by molar-refractivity contribution is 8.00. The van der Waals surface area contributed by atoms with Crippen molar-refractivity contribution in [2.24, 2.45) is 28.9 Å². The van der Waals surface area contributed by atoms with Crippen LogP contribution in [0.2, 0.25) is 0 Å². The molecule has 4 aliphatic rings. The van der Waals surface area contributed by atoms with Crippen LogP contribution in [0.1, 0.15) is 38.5 Å². The van der Waals surface area contributed by atoms with Gasteiger partial charge in [0.1, 0.15) is 0 Å². The summed E-state index contributed by atoms with van der Waals surface area (Å²) in [5.74, 6) is 1.11. The normalized spacial score (nSPS) is 30.1. The second-order valence-corrected chi connectivity index (χ2v) is 9.59. The monoisotopic (exact) mass is 402 g/mol. The number of hydrogen-bond acceptors (Lipinski definition) is 5. The van der Waals surface area contributed by atoms with Crippen molar-refractivity contribution in [2.75, 3.05) is 17.7 Å². The Kier molecular flexibility index (Phi) is 5.36. The van der Waals surface area contributed by atoms with Crippen molar-refractivity contribution in [3.8, 4) is 0 Å². The fourth-order valence-corrected chi connectivity index (χ4v) is 6.42. The van der Waals surface area contributed by atoms with Crippen LogP contribution in [0.4, 0.5) is 5.69 Å². The van der Waals surface area contributed by atoms with E-state index in [9.17, 15) is 14.4 Å². The number of thioether (sulfide) groups is 1. The number of benzene rings is 1. The number of para-hydroxylation sites is 1. The molecule has 3 N–H and O–H groups in total. The third-order valence-electron chi connectivity index (χ3n) is 6.34. The Bertz CT molecular complexity index is 759. The van der Waals surface area contributed by atoms with Crippen LogP contribution >= 0.6 is 11.8 Å². The molecule has 1 aromatic carbocycles. The zero-order valence-corrected chi connectivity index (χ0v) is 16.6. The van der Waals surface area contributed by atoms with E-state index in [1.54, 1.807) is 12.1 Å². The van der Waals surface area contributed by atoms with Gasteiger partial charge in [-0.1, -0.05) is 12.1 Å². The lowest BCUT2D eigenvalue weighted by molar-refractivity contribution is -0.172. The van der Waals surface area contributed by atoms with Crippen LogP contribution in [0.15, 0.2) is 29.2 Å². The van der Waals surface area contributed by atoms with Gasteiger partial charge < -0.3 is 15.8 Å². The fraction of sp³-hybridized carbons (Fsp3) is 0.571. The van der Waals surface area contributed by atoms with Crippen molar-refractivity contribution >= 4 is 35.2 Å². The van der Waals surface area contributed by atoms with E-state index in [0.717, 1.165) is 24.2 Å². The Morgan fingerprint density at radius 3 is 2.29 bits per heavy atom. The Morgan fingerprint density at radius 2 is 1.68 bits per heavy atom. The summed E-state index contributed by atoms with van der Waals surface area (Å²) in [7, 11) is 0. The molecule has 6 nitrogen and oxygen atoms in total. The Labute approximate surface area is 168 Å².